The van der Waals surface area contributed by atoms with E-state index in [9.17, 15) is 4.79 Å². The Kier molecular flexibility index (Phi) is 3.19. The fraction of sp³-hybridized carbons (Fsp3) is 0.143. The summed E-state index contributed by atoms with van der Waals surface area (Å²) in [5.41, 5.74) is 3.84. The third kappa shape index (κ3) is 2.91. The van der Waals surface area contributed by atoms with Crippen molar-refractivity contribution in [2.45, 2.75) is 13.3 Å². The molecule has 0 spiro atoms. The number of carboxylic acid groups (broad SMARTS) is 1. The molecule has 0 aliphatic carbocycles. The highest BCUT2D eigenvalue weighted by molar-refractivity contribution is 5.71. The smallest absolute Gasteiger partial charge is 0.309 e. The maximum absolute atomic E-state index is 10.6. The fourth-order valence-electron chi connectivity index (χ4n) is 1.73. The molecule has 0 saturated heterocycles. The highest BCUT2D eigenvalue weighted by atomic mass is 16.4. The number of carbonyl (C=O) groups is 1. The van der Waals surface area contributed by atoms with E-state index in [2.05, 4.69) is 11.1 Å². The molecule has 3 nitrogen and oxygen atoms in total. The van der Waals surface area contributed by atoms with Gasteiger partial charge in [0.15, 0.2) is 0 Å². The molecule has 86 valence electrons. The Hall–Kier alpha value is -2.16. The minimum Gasteiger partial charge on any atom is -0.481 e. The van der Waals surface area contributed by atoms with Crippen LogP contribution < -0.4 is 0 Å². The van der Waals surface area contributed by atoms with Gasteiger partial charge in [-0.25, -0.2) is 0 Å². The first-order chi connectivity index (χ1) is 8.15. The monoisotopic (exact) mass is 227 g/mol. The Morgan fingerprint density at radius 1 is 1.24 bits per heavy atom. The predicted molar refractivity (Wildman–Crippen MR) is 65.7 cm³/mol. The van der Waals surface area contributed by atoms with Crippen molar-refractivity contribution in [2.24, 2.45) is 0 Å². The molecule has 17 heavy (non-hydrogen) atoms. The number of hydrogen-bond donors (Lipinski definition) is 1. The maximum Gasteiger partial charge on any atom is 0.309 e. The first-order valence-electron chi connectivity index (χ1n) is 5.39. The van der Waals surface area contributed by atoms with Crippen molar-refractivity contribution in [3.8, 4) is 11.1 Å². The lowest BCUT2D eigenvalue weighted by atomic mass is 10.0. The summed E-state index contributed by atoms with van der Waals surface area (Å²) in [6.07, 6.45) is 1.61. The second-order valence-electron chi connectivity index (χ2n) is 3.98. The van der Waals surface area contributed by atoms with Gasteiger partial charge < -0.3 is 5.11 Å². The molecular formula is C14H13NO2. The number of aliphatic carboxylic acids is 1. The van der Waals surface area contributed by atoms with Crippen LogP contribution in [0.2, 0.25) is 0 Å². The van der Waals surface area contributed by atoms with Crippen LogP contribution in [-0.4, -0.2) is 16.1 Å². The van der Waals surface area contributed by atoms with E-state index in [-0.39, 0.29) is 6.42 Å². The van der Waals surface area contributed by atoms with Crippen molar-refractivity contribution in [1.82, 2.24) is 4.98 Å². The average Bonchev–Trinajstić information content (AvgIpc) is 2.28. The molecular weight excluding hydrogens is 214 g/mol. The molecule has 0 unspecified atom stereocenters. The molecule has 0 radical (unpaired) electrons. The van der Waals surface area contributed by atoms with Crippen molar-refractivity contribution < 1.29 is 9.90 Å². The summed E-state index contributed by atoms with van der Waals surface area (Å²) in [7, 11) is 0. The maximum atomic E-state index is 10.6. The number of nitrogens with zero attached hydrogens (tertiary/aromatic N) is 1. The van der Waals surface area contributed by atoms with Crippen LogP contribution in [0, 0.1) is 6.92 Å². The average molecular weight is 227 g/mol. The summed E-state index contributed by atoms with van der Waals surface area (Å²) >= 11 is 0. The van der Waals surface area contributed by atoms with Crippen LogP contribution >= 0.6 is 0 Å². The molecule has 0 aliphatic rings. The fourth-order valence-corrected chi connectivity index (χ4v) is 1.73. The second kappa shape index (κ2) is 4.78. The van der Waals surface area contributed by atoms with E-state index in [4.69, 9.17) is 5.11 Å². The van der Waals surface area contributed by atoms with Crippen LogP contribution in [0.15, 0.2) is 42.6 Å². The van der Waals surface area contributed by atoms with Crippen molar-refractivity contribution >= 4 is 5.97 Å². The molecule has 2 rings (SSSR count). The predicted octanol–water partition coefficient (Wildman–Crippen LogP) is 2.68. The minimum atomic E-state index is -0.862. The Bertz CT molecular complexity index is 549. The van der Waals surface area contributed by atoms with Crippen LogP contribution in [-0.2, 0) is 11.2 Å². The van der Waals surface area contributed by atoms with E-state index < -0.39 is 5.97 Å². The van der Waals surface area contributed by atoms with E-state index in [1.807, 2.05) is 37.3 Å². The molecule has 2 aromatic rings. The van der Waals surface area contributed by atoms with E-state index in [0.29, 0.717) is 5.69 Å². The van der Waals surface area contributed by atoms with Gasteiger partial charge in [-0.05, 0) is 30.2 Å². The number of pyridine rings is 1. The molecule has 0 aliphatic heterocycles. The number of rotatable bonds is 3. The number of hydrogen-bond acceptors (Lipinski definition) is 2. The largest absolute Gasteiger partial charge is 0.481 e. The van der Waals surface area contributed by atoms with Gasteiger partial charge in [0, 0.05) is 6.20 Å². The summed E-state index contributed by atoms with van der Waals surface area (Å²) in [6.45, 7) is 2.03. The van der Waals surface area contributed by atoms with Gasteiger partial charge >= 0.3 is 5.97 Å². The zero-order valence-electron chi connectivity index (χ0n) is 9.55. The lowest BCUT2D eigenvalue weighted by Crippen LogP contribution is -2.02. The summed E-state index contributed by atoms with van der Waals surface area (Å²) in [6, 6.07) is 11.8. The van der Waals surface area contributed by atoms with E-state index >= 15 is 0 Å². The molecule has 0 atom stereocenters. The normalized spacial score (nSPS) is 10.2. The van der Waals surface area contributed by atoms with Crippen LogP contribution in [0.25, 0.3) is 11.1 Å². The Labute approximate surface area is 99.8 Å². The molecule has 0 amide bonds. The zero-order chi connectivity index (χ0) is 12.3. The minimum absolute atomic E-state index is 0.0420. The van der Waals surface area contributed by atoms with Gasteiger partial charge in [0.1, 0.15) is 0 Å². The van der Waals surface area contributed by atoms with Crippen LogP contribution in [0.3, 0.4) is 0 Å². The van der Waals surface area contributed by atoms with Gasteiger partial charge in [-0.2, -0.15) is 0 Å². The third-order valence-corrected chi connectivity index (χ3v) is 2.50. The Morgan fingerprint density at radius 3 is 2.71 bits per heavy atom. The zero-order valence-corrected chi connectivity index (χ0v) is 9.55. The molecule has 3 heteroatoms. The van der Waals surface area contributed by atoms with E-state index in [1.165, 1.54) is 5.56 Å². The van der Waals surface area contributed by atoms with Gasteiger partial charge in [-0.15, -0.1) is 0 Å². The van der Waals surface area contributed by atoms with Crippen molar-refractivity contribution in [3.63, 3.8) is 0 Å². The Balaban J connectivity index is 2.36. The summed E-state index contributed by atoms with van der Waals surface area (Å²) in [5.74, 6) is -0.862. The number of carboxylic acids is 1. The second-order valence-corrected chi connectivity index (χ2v) is 3.98. The number of aryl methyl sites for hydroxylation is 1. The molecule has 0 fully saturated rings. The van der Waals surface area contributed by atoms with E-state index in [0.717, 1.165) is 11.1 Å². The standard InChI is InChI=1S/C14H13NO2/c1-10-3-2-4-11(7-10)12-5-6-15-13(8-12)9-14(16)17/h2-8H,9H2,1H3,(H,16,17). The van der Waals surface area contributed by atoms with E-state index in [1.54, 1.807) is 6.20 Å². The molecule has 1 aromatic carbocycles. The topological polar surface area (TPSA) is 50.2 Å². The molecule has 0 saturated carbocycles. The lowest BCUT2D eigenvalue weighted by molar-refractivity contribution is -0.136. The lowest BCUT2D eigenvalue weighted by Gasteiger charge is -2.04. The quantitative estimate of drug-likeness (QED) is 0.877. The number of aromatic nitrogens is 1. The van der Waals surface area contributed by atoms with Gasteiger partial charge in [0.05, 0.1) is 12.1 Å². The summed E-state index contributed by atoms with van der Waals surface area (Å²) in [5, 5.41) is 8.73. The first kappa shape index (κ1) is 11.3. The van der Waals surface area contributed by atoms with Crippen molar-refractivity contribution in [2.75, 3.05) is 0 Å². The third-order valence-electron chi connectivity index (χ3n) is 2.50. The highest BCUT2D eigenvalue weighted by Crippen LogP contribution is 2.20. The Morgan fingerprint density at radius 2 is 2.00 bits per heavy atom. The summed E-state index contributed by atoms with van der Waals surface area (Å²) in [4.78, 5) is 14.7. The molecule has 0 bridgehead atoms. The molecule has 1 heterocycles. The van der Waals surface area contributed by atoms with Crippen molar-refractivity contribution in [1.29, 1.82) is 0 Å². The van der Waals surface area contributed by atoms with Gasteiger partial charge in [0.25, 0.3) is 0 Å². The van der Waals surface area contributed by atoms with Gasteiger partial charge in [-0.3, -0.25) is 9.78 Å². The van der Waals surface area contributed by atoms with Gasteiger partial charge in [0.2, 0.25) is 0 Å². The van der Waals surface area contributed by atoms with Crippen LogP contribution in [0.1, 0.15) is 11.3 Å². The van der Waals surface area contributed by atoms with Crippen molar-refractivity contribution in [3.05, 3.63) is 53.9 Å². The molecule has 1 aromatic heterocycles. The summed E-state index contributed by atoms with van der Waals surface area (Å²) < 4.78 is 0. The van der Waals surface area contributed by atoms with Crippen LogP contribution in [0.4, 0.5) is 0 Å². The first-order valence-corrected chi connectivity index (χ1v) is 5.39. The number of benzene rings is 1. The molecule has 1 N–H and O–H groups in total. The van der Waals surface area contributed by atoms with Gasteiger partial charge in [-0.1, -0.05) is 29.8 Å². The SMILES string of the molecule is Cc1cccc(-c2ccnc(CC(=O)O)c2)c1. The van der Waals surface area contributed by atoms with Crippen LogP contribution in [0.5, 0.6) is 0 Å². The highest BCUT2D eigenvalue weighted by Gasteiger charge is 2.04.